The molecule has 1 atom stereocenters. The largest absolute Gasteiger partial charge is 0.363 e. The number of nitrogens with zero attached hydrogens (tertiary/aromatic N) is 3. The van der Waals surface area contributed by atoms with Gasteiger partial charge in [0.2, 0.25) is 5.78 Å². The third-order valence-electron chi connectivity index (χ3n) is 4.39. The molecule has 0 fully saturated rings. The smallest absolute Gasteiger partial charge is 0.287 e. The Morgan fingerprint density at radius 1 is 1.10 bits per heavy atom. The maximum Gasteiger partial charge on any atom is 0.287 e. The van der Waals surface area contributed by atoms with Crippen molar-refractivity contribution in [3.8, 4) is 5.82 Å². The van der Waals surface area contributed by atoms with Gasteiger partial charge in [0.15, 0.2) is 5.82 Å². The summed E-state index contributed by atoms with van der Waals surface area (Å²) < 4.78 is 1.42. The second-order valence-electron chi connectivity index (χ2n) is 6.67. The van der Waals surface area contributed by atoms with Crippen molar-refractivity contribution in [2.45, 2.75) is 26.3 Å². The Morgan fingerprint density at radius 2 is 1.83 bits per heavy atom. The van der Waals surface area contributed by atoms with Crippen molar-refractivity contribution in [2.75, 3.05) is 0 Å². The number of Topliss-reactive ketones (excluding diaryl/α,β-unsaturated/α-hetero) is 1. The van der Waals surface area contributed by atoms with Gasteiger partial charge < -0.3 is 11.1 Å². The maximum absolute atomic E-state index is 13.0. The van der Waals surface area contributed by atoms with E-state index in [0.29, 0.717) is 11.5 Å². The summed E-state index contributed by atoms with van der Waals surface area (Å²) in [6, 6.07) is 13.2. The first-order valence-electron chi connectivity index (χ1n) is 9.04. The summed E-state index contributed by atoms with van der Waals surface area (Å²) in [4.78, 5) is 41.1. The van der Waals surface area contributed by atoms with Crippen molar-refractivity contribution in [3.05, 3.63) is 77.2 Å². The molecule has 8 heteroatoms. The number of carbonyl (C=O) groups is 3. The summed E-state index contributed by atoms with van der Waals surface area (Å²) in [6.07, 6.45) is 1.75. The number of pyridine rings is 1. The molecule has 29 heavy (non-hydrogen) atoms. The lowest BCUT2D eigenvalue weighted by molar-refractivity contribution is -0.137. The Balaban J connectivity index is 1.91. The topological polar surface area (TPSA) is 120 Å². The van der Waals surface area contributed by atoms with Gasteiger partial charge in [-0.15, -0.1) is 0 Å². The number of carbonyl (C=O) groups excluding carboxylic acids is 3. The van der Waals surface area contributed by atoms with Gasteiger partial charge >= 0.3 is 0 Å². The van der Waals surface area contributed by atoms with Crippen molar-refractivity contribution >= 4 is 17.6 Å². The number of ketones is 1. The van der Waals surface area contributed by atoms with E-state index in [1.165, 1.54) is 4.68 Å². The van der Waals surface area contributed by atoms with Crippen LogP contribution in [0.2, 0.25) is 0 Å². The molecule has 3 N–H and O–H groups in total. The summed E-state index contributed by atoms with van der Waals surface area (Å²) in [5.41, 5.74) is 7.62. The van der Waals surface area contributed by atoms with Gasteiger partial charge in [-0.1, -0.05) is 36.4 Å². The van der Waals surface area contributed by atoms with Gasteiger partial charge in [0.1, 0.15) is 11.7 Å². The number of hydrogen-bond donors (Lipinski definition) is 2. The van der Waals surface area contributed by atoms with Gasteiger partial charge in [0.25, 0.3) is 11.8 Å². The van der Waals surface area contributed by atoms with Crippen LogP contribution in [0.4, 0.5) is 0 Å². The van der Waals surface area contributed by atoms with Crippen LogP contribution in [0.3, 0.4) is 0 Å². The van der Waals surface area contributed by atoms with Crippen LogP contribution >= 0.6 is 0 Å². The van der Waals surface area contributed by atoms with Crippen molar-refractivity contribution in [1.82, 2.24) is 20.1 Å². The molecule has 0 saturated heterocycles. The minimum atomic E-state index is -1.10. The van der Waals surface area contributed by atoms with Gasteiger partial charge in [-0.25, -0.2) is 9.67 Å². The van der Waals surface area contributed by atoms with Crippen LogP contribution in [-0.4, -0.2) is 38.4 Å². The van der Waals surface area contributed by atoms with Gasteiger partial charge in [-0.2, -0.15) is 5.10 Å². The molecule has 1 aromatic carbocycles. The SMILES string of the molecule is Cc1cc(C(=O)NC(Cc2ccccc2)C(=O)C(N)=O)n(-c2ncccc2C)n1. The number of nitrogens with one attached hydrogen (secondary N) is 1. The van der Waals surface area contributed by atoms with Gasteiger partial charge in [0, 0.05) is 12.6 Å². The molecule has 0 aliphatic rings. The third kappa shape index (κ3) is 4.55. The van der Waals surface area contributed by atoms with Gasteiger partial charge in [0.05, 0.1) is 5.69 Å². The number of aryl methyl sites for hydroxylation is 2. The molecular formula is C21H21N5O3. The zero-order valence-electron chi connectivity index (χ0n) is 16.1. The summed E-state index contributed by atoms with van der Waals surface area (Å²) in [5, 5.41) is 6.98. The third-order valence-corrected chi connectivity index (χ3v) is 4.39. The molecule has 2 aromatic heterocycles. The minimum absolute atomic E-state index is 0.143. The predicted molar refractivity (Wildman–Crippen MR) is 106 cm³/mol. The first-order chi connectivity index (χ1) is 13.9. The normalized spacial score (nSPS) is 11.7. The molecule has 148 valence electrons. The second kappa shape index (κ2) is 8.47. The number of primary amides is 1. The van der Waals surface area contributed by atoms with Crippen LogP contribution in [0.15, 0.2) is 54.7 Å². The standard InChI is InChI=1S/C21H21N5O3/c1-13-7-6-10-23-20(13)26-17(11-14(2)25-26)21(29)24-16(18(27)19(22)28)12-15-8-4-3-5-9-15/h3-11,16H,12H2,1-2H3,(H2,22,28)(H,24,29). The van der Waals surface area contributed by atoms with E-state index in [-0.39, 0.29) is 12.1 Å². The number of benzene rings is 1. The quantitative estimate of drug-likeness (QED) is 0.588. The first kappa shape index (κ1) is 19.9. The van der Waals surface area contributed by atoms with E-state index in [9.17, 15) is 14.4 Å². The molecule has 1 unspecified atom stereocenters. The number of amides is 2. The molecule has 0 bridgehead atoms. The highest BCUT2D eigenvalue weighted by atomic mass is 16.2. The molecule has 8 nitrogen and oxygen atoms in total. The van der Waals surface area contributed by atoms with Gasteiger partial charge in [-0.3, -0.25) is 14.4 Å². The van der Waals surface area contributed by atoms with Crippen molar-refractivity contribution in [1.29, 1.82) is 0 Å². The van der Waals surface area contributed by atoms with Crippen molar-refractivity contribution in [3.63, 3.8) is 0 Å². The van der Waals surface area contributed by atoms with E-state index in [1.54, 1.807) is 37.4 Å². The average Bonchev–Trinajstić information content (AvgIpc) is 3.09. The van der Waals surface area contributed by atoms with Crippen LogP contribution in [0.5, 0.6) is 0 Å². The number of rotatable bonds is 7. The van der Waals surface area contributed by atoms with E-state index in [2.05, 4.69) is 15.4 Å². The Kier molecular flexibility index (Phi) is 5.82. The monoisotopic (exact) mass is 391 g/mol. The Labute approximate surface area is 167 Å². The lowest BCUT2D eigenvalue weighted by Gasteiger charge is -2.17. The van der Waals surface area contributed by atoms with E-state index in [0.717, 1.165) is 11.1 Å². The van der Waals surface area contributed by atoms with Crippen LogP contribution in [0.25, 0.3) is 5.82 Å². The zero-order chi connectivity index (χ0) is 21.0. The van der Waals surface area contributed by atoms with E-state index < -0.39 is 23.6 Å². The van der Waals surface area contributed by atoms with E-state index in [4.69, 9.17) is 5.73 Å². The van der Waals surface area contributed by atoms with Crippen molar-refractivity contribution in [2.24, 2.45) is 5.73 Å². The summed E-state index contributed by atoms with van der Waals surface area (Å²) in [6.45, 7) is 3.61. The van der Waals surface area contributed by atoms with Crippen LogP contribution in [-0.2, 0) is 16.0 Å². The lowest BCUT2D eigenvalue weighted by atomic mass is 10.0. The fourth-order valence-electron chi connectivity index (χ4n) is 2.98. The van der Waals surface area contributed by atoms with Crippen LogP contribution in [0, 0.1) is 13.8 Å². The highest BCUT2D eigenvalue weighted by molar-refractivity contribution is 6.38. The zero-order valence-corrected chi connectivity index (χ0v) is 16.1. The molecule has 0 aliphatic heterocycles. The minimum Gasteiger partial charge on any atom is -0.363 e. The Hall–Kier alpha value is -3.81. The molecule has 0 aliphatic carbocycles. The second-order valence-corrected chi connectivity index (χ2v) is 6.67. The molecule has 0 saturated carbocycles. The number of hydrogen-bond acceptors (Lipinski definition) is 5. The molecule has 3 rings (SSSR count). The Morgan fingerprint density at radius 3 is 2.48 bits per heavy atom. The summed E-state index contributed by atoms with van der Waals surface area (Å²) >= 11 is 0. The average molecular weight is 391 g/mol. The lowest BCUT2D eigenvalue weighted by Crippen LogP contribution is -2.47. The Bertz CT molecular complexity index is 1060. The summed E-state index contributed by atoms with van der Waals surface area (Å²) in [7, 11) is 0. The number of nitrogens with two attached hydrogens (primary N) is 1. The predicted octanol–water partition coefficient (Wildman–Crippen LogP) is 1.28. The van der Waals surface area contributed by atoms with E-state index in [1.807, 2.05) is 31.2 Å². The molecule has 2 heterocycles. The first-order valence-corrected chi connectivity index (χ1v) is 9.04. The van der Waals surface area contributed by atoms with Crippen LogP contribution in [0.1, 0.15) is 27.3 Å². The summed E-state index contributed by atoms with van der Waals surface area (Å²) in [5.74, 6) is -2.01. The molecule has 2 amide bonds. The molecule has 0 radical (unpaired) electrons. The van der Waals surface area contributed by atoms with Crippen molar-refractivity contribution < 1.29 is 14.4 Å². The van der Waals surface area contributed by atoms with Crippen LogP contribution < -0.4 is 11.1 Å². The fraction of sp³-hybridized carbons (Fsp3) is 0.190. The molecular weight excluding hydrogens is 370 g/mol. The highest BCUT2D eigenvalue weighted by Gasteiger charge is 2.27. The fourth-order valence-corrected chi connectivity index (χ4v) is 2.98. The highest BCUT2D eigenvalue weighted by Crippen LogP contribution is 2.15. The number of aromatic nitrogens is 3. The van der Waals surface area contributed by atoms with E-state index >= 15 is 0 Å². The molecule has 0 spiro atoms. The maximum atomic E-state index is 13.0. The van der Waals surface area contributed by atoms with Gasteiger partial charge in [-0.05, 0) is 37.1 Å². The molecule has 3 aromatic rings.